The van der Waals surface area contributed by atoms with Crippen molar-refractivity contribution >= 4 is 17.5 Å². The summed E-state index contributed by atoms with van der Waals surface area (Å²) < 4.78 is 0. The van der Waals surface area contributed by atoms with Gasteiger partial charge < -0.3 is 5.32 Å². The highest BCUT2D eigenvalue weighted by Crippen LogP contribution is 2.35. The number of carbonyl (C=O) groups excluding carboxylic acids is 2. The lowest BCUT2D eigenvalue weighted by molar-refractivity contribution is -0.133. The molecule has 2 amide bonds. The summed E-state index contributed by atoms with van der Waals surface area (Å²) in [5, 5.41) is 3.00. The Bertz CT molecular complexity index is 895. The molecule has 3 unspecified atom stereocenters. The summed E-state index contributed by atoms with van der Waals surface area (Å²) in [5.41, 5.74) is 9.87. The molecule has 3 N–H and O–H groups in total. The normalized spacial score (nSPS) is 23.8. The summed E-state index contributed by atoms with van der Waals surface area (Å²) in [6, 6.07) is 16.0. The topological polar surface area (TPSA) is 70.2 Å². The Morgan fingerprint density at radius 1 is 1.07 bits per heavy atom. The smallest absolute Gasteiger partial charge is 0.255 e. The monoisotopic (exact) mass is 391 g/mol. The van der Waals surface area contributed by atoms with Crippen LogP contribution in [0.4, 0.5) is 5.69 Å². The van der Waals surface area contributed by atoms with Crippen molar-refractivity contribution in [1.82, 2.24) is 10.9 Å². The van der Waals surface area contributed by atoms with Crippen LogP contribution in [-0.2, 0) is 17.6 Å². The minimum Gasteiger partial charge on any atom is -0.322 e. The van der Waals surface area contributed by atoms with Crippen LogP contribution in [0.2, 0.25) is 0 Å². The van der Waals surface area contributed by atoms with Gasteiger partial charge in [-0.3, -0.25) is 15.0 Å². The zero-order valence-corrected chi connectivity index (χ0v) is 16.9. The first-order valence-electron chi connectivity index (χ1n) is 10.7. The molecular formula is C24H29N3O2. The molecule has 1 saturated carbocycles. The van der Waals surface area contributed by atoms with Gasteiger partial charge in [-0.2, -0.15) is 0 Å². The van der Waals surface area contributed by atoms with E-state index < -0.39 is 0 Å². The van der Waals surface area contributed by atoms with Crippen molar-refractivity contribution in [3.63, 3.8) is 0 Å². The van der Waals surface area contributed by atoms with Crippen LogP contribution in [0.15, 0.2) is 48.5 Å². The molecule has 1 aliphatic heterocycles. The predicted molar refractivity (Wildman–Crippen MR) is 114 cm³/mol. The number of hydrogen-bond donors (Lipinski definition) is 3. The Labute approximate surface area is 172 Å². The number of fused-ring (bicyclic) bond motifs is 1. The average Bonchev–Trinajstić information content (AvgIpc) is 2.76. The van der Waals surface area contributed by atoms with E-state index in [2.05, 4.69) is 35.2 Å². The Balaban J connectivity index is 1.45. The summed E-state index contributed by atoms with van der Waals surface area (Å²) in [5.74, 6) is 0.521. The molecule has 29 heavy (non-hydrogen) atoms. The summed E-state index contributed by atoms with van der Waals surface area (Å²) >= 11 is 0. The number of benzene rings is 2. The first-order valence-corrected chi connectivity index (χ1v) is 10.7. The van der Waals surface area contributed by atoms with E-state index in [1.54, 1.807) is 0 Å². The largest absolute Gasteiger partial charge is 0.322 e. The first-order chi connectivity index (χ1) is 14.1. The van der Waals surface area contributed by atoms with Crippen LogP contribution in [0, 0.1) is 11.8 Å². The molecule has 5 heteroatoms. The molecule has 1 heterocycles. The zero-order chi connectivity index (χ0) is 20.2. The van der Waals surface area contributed by atoms with Crippen molar-refractivity contribution in [2.45, 2.75) is 51.5 Å². The van der Waals surface area contributed by atoms with Crippen LogP contribution in [-0.4, -0.2) is 17.9 Å². The van der Waals surface area contributed by atoms with Gasteiger partial charge in [0.25, 0.3) is 5.91 Å². The van der Waals surface area contributed by atoms with Gasteiger partial charge in [-0.05, 0) is 67.0 Å². The third-order valence-electron chi connectivity index (χ3n) is 6.29. The maximum Gasteiger partial charge on any atom is 0.255 e. The van der Waals surface area contributed by atoms with Crippen molar-refractivity contribution < 1.29 is 9.59 Å². The molecule has 1 aliphatic carbocycles. The highest BCUT2D eigenvalue weighted by atomic mass is 16.2. The van der Waals surface area contributed by atoms with E-state index in [0.29, 0.717) is 11.5 Å². The van der Waals surface area contributed by atoms with Crippen molar-refractivity contribution in [3.05, 3.63) is 65.2 Å². The number of anilines is 1. The SMILES string of the molecule is CCc1cccc(NC(=O)c2cccc(CC3NNC(=O)C4CCCCC34)c2)c1. The van der Waals surface area contributed by atoms with Gasteiger partial charge in [0.15, 0.2) is 0 Å². The Morgan fingerprint density at radius 3 is 2.72 bits per heavy atom. The van der Waals surface area contributed by atoms with E-state index in [1.165, 1.54) is 12.0 Å². The summed E-state index contributed by atoms with van der Waals surface area (Å²) in [6.07, 6.45) is 6.12. The molecule has 4 rings (SSSR count). The molecular weight excluding hydrogens is 362 g/mol. The van der Waals surface area contributed by atoms with Gasteiger partial charge in [0.05, 0.1) is 0 Å². The molecule has 2 aliphatic rings. The molecule has 0 radical (unpaired) electrons. The Hall–Kier alpha value is -2.66. The van der Waals surface area contributed by atoms with Gasteiger partial charge in [0.1, 0.15) is 0 Å². The molecule has 2 aromatic carbocycles. The molecule has 0 bridgehead atoms. The van der Waals surface area contributed by atoms with E-state index in [0.717, 1.165) is 43.4 Å². The number of hydrazine groups is 1. The van der Waals surface area contributed by atoms with Crippen molar-refractivity contribution in [1.29, 1.82) is 0 Å². The summed E-state index contributed by atoms with van der Waals surface area (Å²) in [6.45, 7) is 2.10. The fourth-order valence-corrected chi connectivity index (χ4v) is 4.70. The number of carbonyl (C=O) groups is 2. The fourth-order valence-electron chi connectivity index (χ4n) is 4.70. The summed E-state index contributed by atoms with van der Waals surface area (Å²) in [7, 11) is 0. The highest BCUT2D eigenvalue weighted by molar-refractivity contribution is 6.04. The molecule has 2 fully saturated rings. The van der Waals surface area contributed by atoms with Gasteiger partial charge in [-0.25, -0.2) is 5.43 Å². The minimum atomic E-state index is -0.0967. The van der Waals surface area contributed by atoms with Gasteiger partial charge >= 0.3 is 0 Å². The van der Waals surface area contributed by atoms with Crippen molar-refractivity contribution in [2.75, 3.05) is 5.32 Å². The van der Waals surface area contributed by atoms with Crippen LogP contribution in [0.25, 0.3) is 0 Å². The molecule has 0 spiro atoms. The third kappa shape index (κ3) is 4.51. The second-order valence-corrected chi connectivity index (χ2v) is 8.21. The van der Waals surface area contributed by atoms with Gasteiger partial charge in [0, 0.05) is 23.2 Å². The number of aryl methyl sites for hydroxylation is 1. The van der Waals surface area contributed by atoms with Gasteiger partial charge in [-0.15, -0.1) is 0 Å². The molecule has 5 nitrogen and oxygen atoms in total. The van der Waals surface area contributed by atoms with E-state index in [-0.39, 0.29) is 23.8 Å². The predicted octanol–water partition coefficient (Wildman–Crippen LogP) is 3.85. The van der Waals surface area contributed by atoms with Crippen LogP contribution in [0.1, 0.15) is 54.1 Å². The van der Waals surface area contributed by atoms with E-state index >= 15 is 0 Å². The van der Waals surface area contributed by atoms with Crippen molar-refractivity contribution in [3.8, 4) is 0 Å². The lowest BCUT2D eigenvalue weighted by Crippen LogP contribution is -2.60. The standard InChI is InChI=1S/C24H29N3O2/c1-2-16-7-6-10-19(14-16)25-23(28)18-9-5-8-17(13-18)15-22-20-11-3-4-12-21(20)24(29)27-26-22/h5-10,13-14,20-22,26H,2-4,11-12,15H2,1H3,(H,25,28)(H,27,29). The van der Waals surface area contributed by atoms with Gasteiger partial charge in [0.2, 0.25) is 5.91 Å². The third-order valence-corrected chi connectivity index (χ3v) is 6.29. The lowest BCUT2D eigenvalue weighted by atomic mass is 9.72. The van der Waals surface area contributed by atoms with Crippen LogP contribution >= 0.6 is 0 Å². The zero-order valence-electron chi connectivity index (χ0n) is 16.9. The molecule has 2 aromatic rings. The number of hydrogen-bond acceptors (Lipinski definition) is 3. The highest BCUT2D eigenvalue weighted by Gasteiger charge is 2.39. The quantitative estimate of drug-likeness (QED) is 0.725. The van der Waals surface area contributed by atoms with Gasteiger partial charge in [-0.1, -0.05) is 44.0 Å². The van der Waals surface area contributed by atoms with E-state index in [9.17, 15) is 9.59 Å². The van der Waals surface area contributed by atoms with Crippen LogP contribution in [0.5, 0.6) is 0 Å². The molecule has 3 atom stereocenters. The maximum atomic E-state index is 12.7. The maximum absolute atomic E-state index is 12.7. The molecule has 1 saturated heterocycles. The fraction of sp³-hybridized carbons (Fsp3) is 0.417. The summed E-state index contributed by atoms with van der Waals surface area (Å²) in [4.78, 5) is 24.9. The number of rotatable bonds is 5. The average molecular weight is 392 g/mol. The number of amides is 2. The lowest BCUT2D eigenvalue weighted by Gasteiger charge is -2.41. The van der Waals surface area contributed by atoms with Crippen molar-refractivity contribution in [2.24, 2.45) is 11.8 Å². The van der Waals surface area contributed by atoms with E-state index in [1.807, 2.05) is 36.4 Å². The first kappa shape index (κ1) is 19.6. The van der Waals surface area contributed by atoms with Crippen LogP contribution in [0.3, 0.4) is 0 Å². The molecule has 152 valence electrons. The molecule has 0 aromatic heterocycles. The Morgan fingerprint density at radius 2 is 1.86 bits per heavy atom. The minimum absolute atomic E-state index is 0.0967. The van der Waals surface area contributed by atoms with Crippen LogP contribution < -0.4 is 16.2 Å². The van der Waals surface area contributed by atoms with E-state index in [4.69, 9.17) is 0 Å². The Kier molecular flexibility index (Phi) is 5.95. The second kappa shape index (κ2) is 8.78. The second-order valence-electron chi connectivity index (χ2n) is 8.21. The number of nitrogens with one attached hydrogen (secondary N) is 3.